The summed E-state index contributed by atoms with van der Waals surface area (Å²) in [6, 6.07) is 4.06. The largest absolute Gasteiger partial charge is 0.497 e. The van der Waals surface area contributed by atoms with Gasteiger partial charge in [-0.2, -0.15) is 0 Å². The third kappa shape index (κ3) is 2.61. The van der Waals surface area contributed by atoms with E-state index in [-0.39, 0.29) is 0 Å². The summed E-state index contributed by atoms with van der Waals surface area (Å²) in [5.74, 6) is 0.0860. The van der Waals surface area contributed by atoms with Gasteiger partial charge in [-0.1, -0.05) is 17.7 Å². The number of halogens is 1. The maximum Gasteiger partial charge on any atom is 0.327 e. The highest BCUT2D eigenvalue weighted by molar-refractivity contribution is 6.31. The molecule has 0 radical (unpaired) electrons. The van der Waals surface area contributed by atoms with Crippen molar-refractivity contribution in [3.8, 4) is 5.75 Å². The zero-order valence-electron chi connectivity index (χ0n) is 8.49. The van der Waals surface area contributed by atoms with E-state index < -0.39 is 12.0 Å². The Morgan fingerprint density at radius 3 is 2.60 bits per heavy atom. The molecule has 0 saturated heterocycles. The van der Waals surface area contributed by atoms with Gasteiger partial charge in [0.2, 0.25) is 0 Å². The van der Waals surface area contributed by atoms with Gasteiger partial charge in [-0.3, -0.25) is 4.79 Å². The molecule has 5 heteroatoms. The van der Waals surface area contributed by atoms with Crippen molar-refractivity contribution in [3.63, 3.8) is 0 Å². The van der Waals surface area contributed by atoms with E-state index in [0.29, 0.717) is 16.3 Å². The second-order valence-electron chi connectivity index (χ2n) is 2.89. The summed E-state index contributed by atoms with van der Waals surface area (Å²) in [5, 5.41) is 0.382. The van der Waals surface area contributed by atoms with Crippen LogP contribution in [0.15, 0.2) is 18.2 Å². The van der Waals surface area contributed by atoms with Gasteiger partial charge < -0.3 is 15.2 Å². The van der Waals surface area contributed by atoms with Crippen LogP contribution in [0.3, 0.4) is 0 Å². The number of hydrogen-bond acceptors (Lipinski definition) is 4. The van der Waals surface area contributed by atoms with Gasteiger partial charge in [0.1, 0.15) is 11.8 Å². The van der Waals surface area contributed by atoms with E-state index in [0.717, 1.165) is 0 Å². The standard InChI is InChI=1S/C10H12ClNO3/c1-14-6-3-4-7(8(11)5-6)9(12)10(13)15-2/h3-5,9H,12H2,1-2H3. The van der Waals surface area contributed by atoms with Crippen LogP contribution in [0.1, 0.15) is 11.6 Å². The SMILES string of the molecule is COC(=O)C(N)c1ccc(OC)cc1Cl. The third-order valence-corrected chi connectivity index (χ3v) is 2.33. The first-order valence-corrected chi connectivity index (χ1v) is 4.64. The predicted molar refractivity (Wildman–Crippen MR) is 56.9 cm³/mol. The lowest BCUT2D eigenvalue weighted by Crippen LogP contribution is -2.22. The van der Waals surface area contributed by atoms with Crippen molar-refractivity contribution in [1.82, 2.24) is 0 Å². The zero-order chi connectivity index (χ0) is 11.4. The fourth-order valence-electron chi connectivity index (χ4n) is 1.14. The Bertz CT molecular complexity index is 368. The lowest BCUT2D eigenvalue weighted by Gasteiger charge is -2.12. The maximum atomic E-state index is 11.2. The fraction of sp³-hybridized carbons (Fsp3) is 0.300. The van der Waals surface area contributed by atoms with Crippen LogP contribution in [-0.4, -0.2) is 20.2 Å². The first-order chi connectivity index (χ1) is 7.10. The van der Waals surface area contributed by atoms with Gasteiger partial charge in [0.25, 0.3) is 0 Å². The molecule has 82 valence electrons. The van der Waals surface area contributed by atoms with E-state index in [4.69, 9.17) is 22.1 Å². The highest BCUT2D eigenvalue weighted by Crippen LogP contribution is 2.26. The molecule has 1 aromatic carbocycles. The highest BCUT2D eigenvalue weighted by Gasteiger charge is 2.19. The lowest BCUT2D eigenvalue weighted by atomic mass is 10.1. The van der Waals surface area contributed by atoms with Crippen molar-refractivity contribution in [2.45, 2.75) is 6.04 Å². The molecule has 4 nitrogen and oxygen atoms in total. The lowest BCUT2D eigenvalue weighted by molar-refractivity contribution is -0.142. The van der Waals surface area contributed by atoms with E-state index >= 15 is 0 Å². The Labute approximate surface area is 92.9 Å². The molecule has 0 bridgehead atoms. The van der Waals surface area contributed by atoms with Gasteiger partial charge >= 0.3 is 5.97 Å². The van der Waals surface area contributed by atoms with E-state index in [1.165, 1.54) is 14.2 Å². The fourth-order valence-corrected chi connectivity index (χ4v) is 1.43. The molecular formula is C10H12ClNO3. The average Bonchev–Trinajstić information content (AvgIpc) is 2.26. The Hall–Kier alpha value is -1.26. The molecule has 1 unspecified atom stereocenters. The number of esters is 1. The molecule has 2 N–H and O–H groups in total. The van der Waals surface area contributed by atoms with Crippen molar-refractivity contribution >= 4 is 17.6 Å². The van der Waals surface area contributed by atoms with Crippen LogP contribution in [-0.2, 0) is 9.53 Å². The first kappa shape index (κ1) is 11.8. The quantitative estimate of drug-likeness (QED) is 0.799. The number of ether oxygens (including phenoxy) is 2. The molecule has 0 fully saturated rings. The van der Waals surface area contributed by atoms with Crippen LogP contribution >= 0.6 is 11.6 Å². The molecule has 0 aliphatic carbocycles. The molecule has 1 atom stereocenters. The van der Waals surface area contributed by atoms with Crippen molar-refractivity contribution in [2.24, 2.45) is 5.73 Å². The Morgan fingerprint density at radius 1 is 1.47 bits per heavy atom. The second kappa shape index (κ2) is 5.00. The first-order valence-electron chi connectivity index (χ1n) is 4.27. The van der Waals surface area contributed by atoms with Gasteiger partial charge in [0.15, 0.2) is 0 Å². The Balaban J connectivity index is 3.00. The van der Waals surface area contributed by atoms with E-state index in [1.54, 1.807) is 18.2 Å². The van der Waals surface area contributed by atoms with Gasteiger partial charge in [0.05, 0.1) is 14.2 Å². The summed E-state index contributed by atoms with van der Waals surface area (Å²) in [6.45, 7) is 0. The van der Waals surface area contributed by atoms with Crippen molar-refractivity contribution in [1.29, 1.82) is 0 Å². The molecule has 0 spiro atoms. The number of carbonyl (C=O) groups excluding carboxylic acids is 1. The molecule has 15 heavy (non-hydrogen) atoms. The summed E-state index contributed by atoms with van der Waals surface area (Å²) in [7, 11) is 2.81. The minimum absolute atomic E-state index is 0.382. The summed E-state index contributed by atoms with van der Waals surface area (Å²) in [6.07, 6.45) is 0. The summed E-state index contributed by atoms with van der Waals surface area (Å²) >= 11 is 5.94. The number of benzene rings is 1. The normalized spacial score (nSPS) is 12.0. The van der Waals surface area contributed by atoms with E-state index in [2.05, 4.69) is 4.74 Å². The topological polar surface area (TPSA) is 61.5 Å². The van der Waals surface area contributed by atoms with Crippen LogP contribution in [0.5, 0.6) is 5.75 Å². The number of rotatable bonds is 3. The number of hydrogen-bond donors (Lipinski definition) is 1. The van der Waals surface area contributed by atoms with Crippen molar-refractivity contribution in [2.75, 3.05) is 14.2 Å². The van der Waals surface area contributed by atoms with Crippen molar-refractivity contribution < 1.29 is 14.3 Å². The average molecular weight is 230 g/mol. The van der Waals surface area contributed by atoms with Gasteiger partial charge in [-0.15, -0.1) is 0 Å². The minimum Gasteiger partial charge on any atom is -0.497 e. The Morgan fingerprint density at radius 2 is 2.13 bits per heavy atom. The summed E-state index contributed by atoms with van der Waals surface area (Å²) < 4.78 is 9.50. The second-order valence-corrected chi connectivity index (χ2v) is 3.30. The maximum absolute atomic E-state index is 11.2. The molecular weight excluding hydrogens is 218 g/mol. The smallest absolute Gasteiger partial charge is 0.327 e. The van der Waals surface area contributed by atoms with E-state index in [9.17, 15) is 4.79 Å². The van der Waals surface area contributed by atoms with Crippen LogP contribution in [0.25, 0.3) is 0 Å². The monoisotopic (exact) mass is 229 g/mol. The molecule has 0 saturated carbocycles. The molecule has 0 heterocycles. The predicted octanol–water partition coefficient (Wildman–Crippen LogP) is 1.52. The zero-order valence-corrected chi connectivity index (χ0v) is 9.25. The van der Waals surface area contributed by atoms with Crippen LogP contribution in [0.4, 0.5) is 0 Å². The van der Waals surface area contributed by atoms with Gasteiger partial charge in [-0.05, 0) is 17.7 Å². The molecule has 0 aliphatic heterocycles. The summed E-state index contributed by atoms with van der Waals surface area (Å²) in [4.78, 5) is 11.2. The third-order valence-electron chi connectivity index (χ3n) is 2.00. The minimum atomic E-state index is -0.867. The van der Waals surface area contributed by atoms with Crippen LogP contribution in [0.2, 0.25) is 5.02 Å². The van der Waals surface area contributed by atoms with Gasteiger partial charge in [0, 0.05) is 5.02 Å². The van der Waals surface area contributed by atoms with Crippen LogP contribution in [0, 0.1) is 0 Å². The molecule has 0 aromatic heterocycles. The van der Waals surface area contributed by atoms with E-state index in [1.807, 2.05) is 0 Å². The number of methoxy groups -OCH3 is 2. The van der Waals surface area contributed by atoms with Gasteiger partial charge in [-0.25, -0.2) is 0 Å². The number of carbonyl (C=O) groups is 1. The summed E-state index contributed by atoms with van der Waals surface area (Å²) in [5.41, 5.74) is 6.16. The Kier molecular flexibility index (Phi) is 3.94. The molecule has 1 aromatic rings. The highest BCUT2D eigenvalue weighted by atomic mass is 35.5. The number of nitrogens with two attached hydrogens (primary N) is 1. The molecule has 0 amide bonds. The molecule has 0 aliphatic rings. The van der Waals surface area contributed by atoms with Crippen molar-refractivity contribution in [3.05, 3.63) is 28.8 Å². The molecule has 1 rings (SSSR count). The van der Waals surface area contributed by atoms with Crippen LogP contribution < -0.4 is 10.5 Å².